The molecule has 0 radical (unpaired) electrons. The van der Waals surface area contributed by atoms with Crippen LogP contribution in [0.25, 0.3) is 0 Å². The van der Waals surface area contributed by atoms with E-state index in [1.165, 1.54) is 5.56 Å². The van der Waals surface area contributed by atoms with Crippen LogP contribution in [0.2, 0.25) is 5.02 Å². The van der Waals surface area contributed by atoms with Gasteiger partial charge in [-0.2, -0.15) is 0 Å². The zero-order valence-electron chi connectivity index (χ0n) is 8.42. The third-order valence-electron chi connectivity index (χ3n) is 1.96. The first-order valence-corrected chi connectivity index (χ1v) is 5.14. The molecule has 14 heavy (non-hydrogen) atoms. The molecule has 1 aromatic carbocycles. The zero-order chi connectivity index (χ0) is 10.4. The van der Waals surface area contributed by atoms with Gasteiger partial charge in [0, 0.05) is 11.6 Å². The summed E-state index contributed by atoms with van der Waals surface area (Å²) in [7, 11) is 0. The Kier molecular flexibility index (Phi) is 4.94. The molecule has 0 fully saturated rings. The summed E-state index contributed by atoms with van der Waals surface area (Å²) in [6.07, 6.45) is 0.892. The molecule has 2 nitrogen and oxygen atoms in total. The van der Waals surface area contributed by atoms with Crippen LogP contribution >= 0.6 is 11.6 Å². The van der Waals surface area contributed by atoms with Gasteiger partial charge < -0.3 is 10.5 Å². The van der Waals surface area contributed by atoms with Crippen LogP contribution in [0, 0.1) is 6.92 Å². The minimum atomic E-state index is 0.569. The van der Waals surface area contributed by atoms with E-state index in [2.05, 4.69) is 0 Å². The van der Waals surface area contributed by atoms with Gasteiger partial charge in [-0.25, -0.2) is 0 Å². The fourth-order valence-corrected chi connectivity index (χ4v) is 1.43. The normalized spacial score (nSPS) is 10.5. The molecule has 78 valence electrons. The second kappa shape index (κ2) is 6.02. The van der Waals surface area contributed by atoms with E-state index in [0.717, 1.165) is 17.0 Å². The molecule has 0 unspecified atom stereocenters. The van der Waals surface area contributed by atoms with Gasteiger partial charge in [-0.1, -0.05) is 23.7 Å². The largest absolute Gasteiger partial charge is 0.377 e. The van der Waals surface area contributed by atoms with Gasteiger partial charge in [0.15, 0.2) is 0 Å². The van der Waals surface area contributed by atoms with Gasteiger partial charge >= 0.3 is 0 Å². The van der Waals surface area contributed by atoms with Crippen molar-refractivity contribution in [2.75, 3.05) is 13.2 Å². The van der Waals surface area contributed by atoms with E-state index in [-0.39, 0.29) is 0 Å². The molecule has 3 heteroatoms. The quantitative estimate of drug-likeness (QED) is 0.763. The molecule has 0 aromatic heterocycles. The van der Waals surface area contributed by atoms with Crippen molar-refractivity contribution in [3.8, 4) is 0 Å². The predicted molar refractivity (Wildman–Crippen MR) is 59.5 cm³/mol. The first-order chi connectivity index (χ1) is 6.74. The first-order valence-electron chi connectivity index (χ1n) is 4.77. The van der Waals surface area contributed by atoms with Gasteiger partial charge in [-0.3, -0.25) is 0 Å². The van der Waals surface area contributed by atoms with Gasteiger partial charge in [0.1, 0.15) is 0 Å². The lowest BCUT2D eigenvalue weighted by Crippen LogP contribution is -2.04. The molecule has 0 heterocycles. The molecule has 1 rings (SSSR count). The van der Waals surface area contributed by atoms with Gasteiger partial charge in [-0.15, -0.1) is 0 Å². The fourth-order valence-electron chi connectivity index (χ4n) is 1.14. The van der Waals surface area contributed by atoms with Gasteiger partial charge in [0.25, 0.3) is 0 Å². The van der Waals surface area contributed by atoms with Crippen molar-refractivity contribution in [2.24, 2.45) is 5.73 Å². The second-order valence-electron chi connectivity index (χ2n) is 3.29. The molecule has 0 saturated carbocycles. The van der Waals surface area contributed by atoms with Crippen molar-refractivity contribution in [1.29, 1.82) is 0 Å². The molecule has 2 N–H and O–H groups in total. The van der Waals surface area contributed by atoms with E-state index in [1.807, 2.05) is 25.1 Å². The first kappa shape index (κ1) is 11.5. The van der Waals surface area contributed by atoms with E-state index < -0.39 is 0 Å². The van der Waals surface area contributed by atoms with Crippen molar-refractivity contribution in [3.63, 3.8) is 0 Å². The highest BCUT2D eigenvalue weighted by Crippen LogP contribution is 2.18. The number of benzene rings is 1. The maximum Gasteiger partial charge on any atom is 0.0731 e. The lowest BCUT2D eigenvalue weighted by atomic mass is 10.2. The Balaban J connectivity index is 2.42. The smallest absolute Gasteiger partial charge is 0.0731 e. The molecule has 0 saturated heterocycles. The van der Waals surface area contributed by atoms with Gasteiger partial charge in [0.2, 0.25) is 0 Å². The molecule has 0 aliphatic carbocycles. The third kappa shape index (κ3) is 3.66. The summed E-state index contributed by atoms with van der Waals surface area (Å²) in [5, 5.41) is 0.776. The Morgan fingerprint density at radius 1 is 1.43 bits per heavy atom. The number of nitrogens with two attached hydrogens (primary N) is 1. The highest BCUT2D eigenvalue weighted by Gasteiger charge is 1.99. The van der Waals surface area contributed by atoms with Crippen molar-refractivity contribution in [2.45, 2.75) is 20.0 Å². The van der Waals surface area contributed by atoms with Crippen molar-refractivity contribution in [3.05, 3.63) is 34.3 Å². The maximum absolute atomic E-state index is 6.04. The monoisotopic (exact) mass is 213 g/mol. The summed E-state index contributed by atoms with van der Waals surface area (Å²) in [6.45, 7) is 3.95. The van der Waals surface area contributed by atoms with Crippen LogP contribution in [0.15, 0.2) is 18.2 Å². The highest BCUT2D eigenvalue weighted by atomic mass is 35.5. The Morgan fingerprint density at radius 3 is 2.86 bits per heavy atom. The lowest BCUT2D eigenvalue weighted by Gasteiger charge is -2.06. The summed E-state index contributed by atoms with van der Waals surface area (Å²) in [4.78, 5) is 0. The number of ether oxygens (including phenoxy) is 1. The third-order valence-corrected chi connectivity index (χ3v) is 2.31. The van der Waals surface area contributed by atoms with E-state index in [0.29, 0.717) is 19.8 Å². The Morgan fingerprint density at radius 2 is 2.21 bits per heavy atom. The summed E-state index contributed by atoms with van der Waals surface area (Å²) < 4.78 is 5.42. The Bertz CT molecular complexity index is 289. The van der Waals surface area contributed by atoms with Crippen LogP contribution in [-0.4, -0.2) is 13.2 Å². The molecular formula is C11H16ClNO. The van der Waals surface area contributed by atoms with Gasteiger partial charge in [0.05, 0.1) is 6.61 Å². The maximum atomic E-state index is 6.04. The number of aryl methyl sites for hydroxylation is 1. The summed E-state index contributed by atoms with van der Waals surface area (Å²) in [5.41, 5.74) is 7.56. The minimum absolute atomic E-state index is 0.569. The number of hydrogen-bond donors (Lipinski definition) is 1. The van der Waals surface area contributed by atoms with Crippen LogP contribution in [0.1, 0.15) is 17.5 Å². The van der Waals surface area contributed by atoms with Crippen LogP contribution < -0.4 is 5.73 Å². The standard InChI is InChI=1S/C11H16ClNO/c1-9-3-4-10(11(12)7-9)8-14-6-2-5-13/h3-4,7H,2,5-6,8,13H2,1H3. The van der Waals surface area contributed by atoms with Crippen LogP contribution in [0.4, 0.5) is 0 Å². The van der Waals surface area contributed by atoms with E-state index in [1.54, 1.807) is 0 Å². The number of halogens is 1. The SMILES string of the molecule is Cc1ccc(COCCCN)c(Cl)c1. The summed E-state index contributed by atoms with van der Waals surface area (Å²) in [5.74, 6) is 0. The summed E-state index contributed by atoms with van der Waals surface area (Å²) >= 11 is 6.04. The Labute approximate surface area is 90.0 Å². The van der Waals surface area contributed by atoms with Crippen molar-refractivity contribution in [1.82, 2.24) is 0 Å². The fraction of sp³-hybridized carbons (Fsp3) is 0.455. The molecule has 1 aromatic rings. The van der Waals surface area contributed by atoms with E-state index in [4.69, 9.17) is 22.1 Å². The average Bonchev–Trinajstić information content (AvgIpc) is 2.15. The summed E-state index contributed by atoms with van der Waals surface area (Å²) in [6, 6.07) is 5.98. The van der Waals surface area contributed by atoms with Crippen LogP contribution in [0.5, 0.6) is 0 Å². The lowest BCUT2D eigenvalue weighted by molar-refractivity contribution is 0.120. The average molecular weight is 214 g/mol. The van der Waals surface area contributed by atoms with E-state index in [9.17, 15) is 0 Å². The molecule has 0 spiro atoms. The zero-order valence-corrected chi connectivity index (χ0v) is 9.18. The van der Waals surface area contributed by atoms with Gasteiger partial charge in [-0.05, 0) is 37.1 Å². The Hall–Kier alpha value is -0.570. The molecule has 0 amide bonds. The number of hydrogen-bond acceptors (Lipinski definition) is 2. The minimum Gasteiger partial charge on any atom is -0.377 e. The predicted octanol–water partition coefficient (Wildman–Crippen LogP) is 2.51. The second-order valence-corrected chi connectivity index (χ2v) is 3.70. The molecule has 0 bridgehead atoms. The molecule has 0 atom stereocenters. The van der Waals surface area contributed by atoms with Crippen LogP contribution in [0.3, 0.4) is 0 Å². The highest BCUT2D eigenvalue weighted by molar-refractivity contribution is 6.31. The van der Waals surface area contributed by atoms with E-state index >= 15 is 0 Å². The molecular weight excluding hydrogens is 198 g/mol. The molecule has 0 aliphatic rings. The van der Waals surface area contributed by atoms with Crippen molar-refractivity contribution < 1.29 is 4.74 Å². The molecule has 0 aliphatic heterocycles. The van der Waals surface area contributed by atoms with Crippen molar-refractivity contribution >= 4 is 11.6 Å². The number of rotatable bonds is 5. The van der Waals surface area contributed by atoms with Crippen LogP contribution in [-0.2, 0) is 11.3 Å². The topological polar surface area (TPSA) is 35.2 Å².